The van der Waals surface area contributed by atoms with E-state index in [9.17, 15) is 9.59 Å². The third kappa shape index (κ3) is 3.92. The van der Waals surface area contributed by atoms with Crippen molar-refractivity contribution < 1.29 is 0 Å². The fourth-order valence-corrected chi connectivity index (χ4v) is 3.91. The first-order valence-corrected chi connectivity index (χ1v) is 10.6. The van der Waals surface area contributed by atoms with Gasteiger partial charge in [0.2, 0.25) is 5.95 Å². The molecular weight excluding hydrogens is 440 g/mol. The minimum Gasteiger partial charge on any atom is -0.298 e. The number of nitrogens with one attached hydrogen (secondary N) is 2. The maximum Gasteiger partial charge on any atom is 0.329 e. The second kappa shape index (κ2) is 8.40. The van der Waals surface area contributed by atoms with Gasteiger partial charge in [-0.15, -0.1) is 0 Å². The molecule has 0 spiro atoms. The Morgan fingerprint density at radius 1 is 1.06 bits per heavy atom. The molecular formula is C24H19ClN6O2. The average Bonchev–Trinajstić information content (AvgIpc) is 3.18. The summed E-state index contributed by atoms with van der Waals surface area (Å²) in [6.45, 7) is 0.359. The van der Waals surface area contributed by atoms with Crippen LogP contribution in [0.4, 0.5) is 5.95 Å². The van der Waals surface area contributed by atoms with Gasteiger partial charge in [-0.25, -0.2) is 10.2 Å². The van der Waals surface area contributed by atoms with Gasteiger partial charge in [0.1, 0.15) is 0 Å². The molecule has 0 amide bonds. The Morgan fingerprint density at radius 3 is 2.64 bits per heavy atom. The van der Waals surface area contributed by atoms with Gasteiger partial charge in [0.15, 0.2) is 11.2 Å². The summed E-state index contributed by atoms with van der Waals surface area (Å²) in [5, 5.41) is 7.08. The number of hydrazone groups is 1. The molecule has 2 heterocycles. The molecule has 9 heteroatoms. The zero-order chi connectivity index (χ0) is 22.9. The van der Waals surface area contributed by atoms with E-state index in [1.54, 1.807) is 30.0 Å². The Morgan fingerprint density at radius 2 is 1.82 bits per heavy atom. The van der Waals surface area contributed by atoms with Crippen LogP contribution in [0.1, 0.15) is 11.1 Å². The lowest BCUT2D eigenvalue weighted by atomic mass is 10.0. The standard InChI is InChI=1S/C24H19ClN6O2/c1-30-21-20(22(32)28-24(30)33)31(14-17-7-4-6-16-5-2-3-8-19(16)17)23(27-21)29-26-13-15-9-11-18(25)12-10-15/h2-13H,14H2,1H3,(H,27,29)(H,28,32,33)/b26-13+. The molecule has 0 aliphatic heterocycles. The van der Waals surface area contributed by atoms with Crippen molar-refractivity contribution in [2.75, 3.05) is 5.43 Å². The highest BCUT2D eigenvalue weighted by Gasteiger charge is 2.18. The van der Waals surface area contributed by atoms with Gasteiger partial charge in [-0.05, 0) is 34.0 Å². The summed E-state index contributed by atoms with van der Waals surface area (Å²) >= 11 is 5.93. The summed E-state index contributed by atoms with van der Waals surface area (Å²) in [6, 6.07) is 21.3. The molecule has 3 aromatic carbocycles. The van der Waals surface area contributed by atoms with Crippen LogP contribution in [0.5, 0.6) is 0 Å². The van der Waals surface area contributed by atoms with Gasteiger partial charge in [0.05, 0.1) is 12.8 Å². The van der Waals surface area contributed by atoms with E-state index >= 15 is 0 Å². The van der Waals surface area contributed by atoms with E-state index in [1.807, 2.05) is 54.6 Å². The number of benzene rings is 3. The van der Waals surface area contributed by atoms with Gasteiger partial charge in [0, 0.05) is 12.1 Å². The molecule has 0 aliphatic rings. The lowest BCUT2D eigenvalue weighted by molar-refractivity contribution is 0.811. The fourth-order valence-electron chi connectivity index (χ4n) is 3.79. The van der Waals surface area contributed by atoms with Crippen LogP contribution < -0.4 is 16.7 Å². The maximum absolute atomic E-state index is 12.8. The molecule has 0 saturated carbocycles. The highest BCUT2D eigenvalue weighted by Crippen LogP contribution is 2.23. The first kappa shape index (κ1) is 20.7. The molecule has 2 N–H and O–H groups in total. The molecule has 0 aliphatic carbocycles. The largest absolute Gasteiger partial charge is 0.329 e. The zero-order valence-corrected chi connectivity index (χ0v) is 18.4. The smallest absolute Gasteiger partial charge is 0.298 e. The van der Waals surface area contributed by atoms with Crippen LogP contribution in [0, 0.1) is 0 Å². The van der Waals surface area contributed by atoms with Gasteiger partial charge in [0.25, 0.3) is 5.56 Å². The van der Waals surface area contributed by atoms with Crippen molar-refractivity contribution in [3.63, 3.8) is 0 Å². The van der Waals surface area contributed by atoms with Crippen LogP contribution in [0.3, 0.4) is 0 Å². The molecule has 0 fully saturated rings. The number of hydrogen-bond donors (Lipinski definition) is 2. The van der Waals surface area contributed by atoms with Gasteiger partial charge in [-0.2, -0.15) is 10.1 Å². The van der Waals surface area contributed by atoms with Crippen molar-refractivity contribution in [3.8, 4) is 0 Å². The topological polar surface area (TPSA) is 97.1 Å². The van der Waals surface area contributed by atoms with Gasteiger partial charge >= 0.3 is 5.69 Å². The highest BCUT2D eigenvalue weighted by atomic mass is 35.5. The Labute approximate surface area is 192 Å². The van der Waals surface area contributed by atoms with E-state index < -0.39 is 11.2 Å². The Bertz CT molecular complexity index is 1620. The Kier molecular flexibility index (Phi) is 5.27. The van der Waals surface area contributed by atoms with Crippen molar-refractivity contribution in [3.05, 3.63) is 104 Å². The Balaban J connectivity index is 1.62. The van der Waals surface area contributed by atoms with Crippen LogP contribution in [-0.4, -0.2) is 25.3 Å². The lowest BCUT2D eigenvalue weighted by Crippen LogP contribution is -2.29. The number of aromatic amines is 1. The summed E-state index contributed by atoms with van der Waals surface area (Å²) < 4.78 is 3.04. The first-order valence-electron chi connectivity index (χ1n) is 10.2. The number of hydrogen-bond acceptors (Lipinski definition) is 5. The van der Waals surface area contributed by atoms with E-state index in [0.717, 1.165) is 21.9 Å². The zero-order valence-electron chi connectivity index (χ0n) is 17.6. The monoisotopic (exact) mass is 458 g/mol. The summed E-state index contributed by atoms with van der Waals surface area (Å²) in [6.07, 6.45) is 1.63. The highest BCUT2D eigenvalue weighted by molar-refractivity contribution is 6.30. The van der Waals surface area contributed by atoms with Crippen molar-refractivity contribution in [1.29, 1.82) is 0 Å². The SMILES string of the molecule is Cn1c(=O)[nH]c(=O)c2c1nc(N/N=C/c1ccc(Cl)cc1)n2Cc1cccc2ccccc12. The number of aromatic nitrogens is 4. The van der Waals surface area contributed by atoms with E-state index in [2.05, 4.69) is 20.5 Å². The molecule has 0 radical (unpaired) electrons. The first-order chi connectivity index (χ1) is 16.0. The van der Waals surface area contributed by atoms with Crippen LogP contribution in [-0.2, 0) is 13.6 Å². The van der Waals surface area contributed by atoms with E-state index in [1.165, 1.54) is 4.57 Å². The quantitative estimate of drug-likeness (QED) is 0.310. The summed E-state index contributed by atoms with van der Waals surface area (Å²) in [7, 11) is 1.57. The van der Waals surface area contributed by atoms with Crippen molar-refractivity contribution >= 4 is 45.7 Å². The molecule has 5 aromatic rings. The van der Waals surface area contributed by atoms with Crippen LogP contribution in [0.15, 0.2) is 81.4 Å². The summed E-state index contributed by atoms with van der Waals surface area (Å²) in [5.74, 6) is 0.342. The Hall–Kier alpha value is -4.17. The van der Waals surface area contributed by atoms with Gasteiger partial charge in [-0.1, -0.05) is 66.2 Å². The number of imidazole rings is 1. The molecule has 5 rings (SSSR count). The summed E-state index contributed by atoms with van der Waals surface area (Å²) in [4.78, 5) is 31.8. The molecule has 2 aromatic heterocycles. The molecule has 33 heavy (non-hydrogen) atoms. The molecule has 0 saturated heterocycles. The van der Waals surface area contributed by atoms with Crippen LogP contribution in [0.2, 0.25) is 5.02 Å². The minimum atomic E-state index is -0.529. The number of halogens is 1. The van der Waals surface area contributed by atoms with E-state index in [-0.39, 0.29) is 11.2 Å². The lowest BCUT2D eigenvalue weighted by Gasteiger charge is -2.11. The summed E-state index contributed by atoms with van der Waals surface area (Å²) in [5.41, 5.74) is 4.30. The number of H-pyrrole nitrogens is 1. The van der Waals surface area contributed by atoms with Crippen molar-refractivity contribution in [1.82, 2.24) is 19.1 Å². The molecule has 0 bridgehead atoms. The predicted molar refractivity (Wildman–Crippen MR) is 131 cm³/mol. The van der Waals surface area contributed by atoms with Crippen molar-refractivity contribution in [2.24, 2.45) is 12.1 Å². The number of anilines is 1. The van der Waals surface area contributed by atoms with Crippen LogP contribution >= 0.6 is 11.6 Å². The second-order valence-electron chi connectivity index (χ2n) is 7.57. The third-order valence-electron chi connectivity index (χ3n) is 5.46. The van der Waals surface area contributed by atoms with Crippen molar-refractivity contribution in [2.45, 2.75) is 6.54 Å². The molecule has 164 valence electrons. The fraction of sp³-hybridized carbons (Fsp3) is 0.0833. The average molecular weight is 459 g/mol. The molecule has 0 unspecified atom stereocenters. The molecule has 8 nitrogen and oxygen atoms in total. The number of nitrogens with zero attached hydrogens (tertiary/aromatic N) is 4. The third-order valence-corrected chi connectivity index (χ3v) is 5.72. The number of aryl methyl sites for hydroxylation is 1. The normalized spacial score (nSPS) is 11.6. The number of fused-ring (bicyclic) bond motifs is 2. The predicted octanol–water partition coefficient (Wildman–Crippen LogP) is 3.72. The minimum absolute atomic E-state index is 0.271. The van der Waals surface area contributed by atoms with Gasteiger partial charge in [-0.3, -0.25) is 18.9 Å². The second-order valence-corrected chi connectivity index (χ2v) is 8.01. The van der Waals surface area contributed by atoms with E-state index in [0.29, 0.717) is 17.5 Å². The maximum atomic E-state index is 12.8. The molecule has 0 atom stereocenters. The van der Waals surface area contributed by atoms with E-state index in [4.69, 9.17) is 11.6 Å². The van der Waals surface area contributed by atoms with Gasteiger partial charge < -0.3 is 0 Å². The van der Waals surface area contributed by atoms with Crippen LogP contribution in [0.25, 0.3) is 21.9 Å². The number of rotatable bonds is 5.